The summed E-state index contributed by atoms with van der Waals surface area (Å²) in [5, 5.41) is 3.60. The van der Waals surface area contributed by atoms with Gasteiger partial charge in [0.25, 0.3) is 5.91 Å². The minimum Gasteiger partial charge on any atom is -0.335 e. The molecule has 32 heavy (non-hydrogen) atoms. The van der Waals surface area contributed by atoms with Crippen molar-refractivity contribution >= 4 is 49.5 Å². The van der Waals surface area contributed by atoms with Gasteiger partial charge in [-0.25, -0.2) is 13.4 Å². The van der Waals surface area contributed by atoms with E-state index in [1.165, 1.54) is 15.6 Å². The van der Waals surface area contributed by atoms with E-state index in [1.807, 2.05) is 36.6 Å². The highest BCUT2D eigenvalue weighted by Gasteiger charge is 2.32. The fourth-order valence-electron chi connectivity index (χ4n) is 3.76. The summed E-state index contributed by atoms with van der Waals surface area (Å²) in [6.45, 7) is 3.08. The number of benzene rings is 1. The molecule has 4 aromatic rings. The van der Waals surface area contributed by atoms with Crippen molar-refractivity contribution in [1.29, 1.82) is 0 Å². The van der Waals surface area contributed by atoms with Crippen molar-refractivity contribution in [2.45, 2.75) is 11.8 Å². The molecule has 5 rings (SSSR count). The molecule has 0 N–H and O–H groups in total. The first-order valence-corrected chi connectivity index (χ1v) is 13.2. The van der Waals surface area contributed by atoms with Crippen LogP contribution in [0.25, 0.3) is 20.8 Å². The van der Waals surface area contributed by atoms with Crippen molar-refractivity contribution in [1.82, 2.24) is 19.2 Å². The molecule has 1 aromatic carbocycles. The molecular weight excluding hydrogens is 464 g/mol. The van der Waals surface area contributed by atoms with Crippen molar-refractivity contribution in [3.05, 3.63) is 64.6 Å². The van der Waals surface area contributed by atoms with Crippen LogP contribution >= 0.6 is 22.7 Å². The number of aromatic nitrogens is 2. The van der Waals surface area contributed by atoms with Crippen LogP contribution in [0.15, 0.2) is 59.1 Å². The number of piperazine rings is 1. The molecular formula is C22H20N4O3S3. The van der Waals surface area contributed by atoms with Crippen LogP contribution in [0.2, 0.25) is 0 Å². The number of amides is 1. The minimum absolute atomic E-state index is 0.107. The Labute approximate surface area is 194 Å². The van der Waals surface area contributed by atoms with Gasteiger partial charge in [0.1, 0.15) is 14.8 Å². The number of carbonyl (C=O) groups excluding carboxylic acids is 1. The molecule has 164 valence electrons. The third-order valence-corrected chi connectivity index (χ3v) is 9.36. The number of hydrogen-bond acceptors (Lipinski definition) is 7. The summed E-state index contributed by atoms with van der Waals surface area (Å²) < 4.78 is 28.1. The summed E-state index contributed by atoms with van der Waals surface area (Å²) in [7, 11) is -3.72. The number of hydrogen-bond donors (Lipinski definition) is 0. The fraction of sp³-hybridized carbons (Fsp3) is 0.227. The molecule has 0 radical (unpaired) electrons. The van der Waals surface area contributed by atoms with E-state index in [0.29, 0.717) is 23.5 Å². The van der Waals surface area contributed by atoms with E-state index in [4.69, 9.17) is 0 Å². The molecule has 3 aromatic heterocycles. The van der Waals surface area contributed by atoms with Crippen LogP contribution in [0, 0.1) is 6.92 Å². The summed E-state index contributed by atoms with van der Waals surface area (Å²) in [4.78, 5) is 25.2. The van der Waals surface area contributed by atoms with Gasteiger partial charge in [0.05, 0.1) is 16.6 Å². The van der Waals surface area contributed by atoms with Crippen molar-refractivity contribution in [3.63, 3.8) is 0 Å². The van der Waals surface area contributed by atoms with Crippen LogP contribution in [0.3, 0.4) is 0 Å². The average molecular weight is 485 g/mol. The first-order chi connectivity index (χ1) is 15.4. The van der Waals surface area contributed by atoms with Gasteiger partial charge in [0, 0.05) is 37.8 Å². The lowest BCUT2D eigenvalue weighted by atomic mass is 10.2. The molecule has 0 unspecified atom stereocenters. The summed E-state index contributed by atoms with van der Waals surface area (Å²) in [5.74, 6) is -0.107. The molecule has 0 spiro atoms. The van der Waals surface area contributed by atoms with E-state index in [1.54, 1.807) is 40.8 Å². The van der Waals surface area contributed by atoms with Crippen molar-refractivity contribution in [2.24, 2.45) is 0 Å². The third kappa shape index (κ3) is 3.83. The van der Waals surface area contributed by atoms with Crippen LogP contribution < -0.4 is 0 Å². The lowest BCUT2D eigenvalue weighted by molar-refractivity contribution is 0.0702. The zero-order valence-electron chi connectivity index (χ0n) is 17.3. The SMILES string of the molecule is Cc1cnc2c(S(=O)(=O)N3CCN(C(=O)c4cnc(-c5cccs5)s4)CC3)cccc2c1. The average Bonchev–Trinajstić information content (AvgIpc) is 3.50. The minimum atomic E-state index is -3.72. The third-order valence-electron chi connectivity index (χ3n) is 5.40. The number of carbonyl (C=O) groups is 1. The number of fused-ring (bicyclic) bond motifs is 1. The van der Waals surface area contributed by atoms with Gasteiger partial charge in [-0.3, -0.25) is 9.78 Å². The standard InChI is InChI=1S/C22H20N4O3S3/c1-15-12-16-4-2-6-19(20(16)23-13-15)32(28,29)26-9-7-25(8-10-26)22(27)18-14-24-21(31-18)17-5-3-11-30-17/h2-6,11-14H,7-10H2,1H3. The second kappa shape index (κ2) is 8.36. The summed E-state index contributed by atoms with van der Waals surface area (Å²) >= 11 is 2.95. The molecule has 1 saturated heterocycles. The fourth-order valence-corrected chi connectivity index (χ4v) is 7.04. The topological polar surface area (TPSA) is 83.5 Å². The van der Waals surface area contributed by atoms with Crippen molar-refractivity contribution in [2.75, 3.05) is 26.2 Å². The molecule has 0 atom stereocenters. The van der Waals surface area contributed by atoms with E-state index in [-0.39, 0.29) is 23.9 Å². The Kier molecular flexibility index (Phi) is 5.54. The van der Waals surface area contributed by atoms with Crippen LogP contribution in [-0.2, 0) is 10.0 Å². The Hall–Kier alpha value is -2.66. The van der Waals surface area contributed by atoms with Crippen LogP contribution in [0.4, 0.5) is 0 Å². The Morgan fingerprint density at radius 3 is 2.59 bits per heavy atom. The maximum atomic E-state index is 13.3. The highest BCUT2D eigenvalue weighted by molar-refractivity contribution is 7.89. The molecule has 4 heterocycles. The molecule has 0 bridgehead atoms. The predicted octanol–water partition coefficient (Wildman–Crippen LogP) is 3.87. The first-order valence-electron chi connectivity index (χ1n) is 10.1. The first kappa shape index (κ1) is 21.2. The van der Waals surface area contributed by atoms with E-state index < -0.39 is 10.0 Å². The number of aryl methyl sites for hydroxylation is 1. The second-order valence-corrected chi connectivity index (χ2v) is 11.4. The monoisotopic (exact) mass is 484 g/mol. The smallest absolute Gasteiger partial charge is 0.265 e. The van der Waals surface area contributed by atoms with Gasteiger partial charge in [0.2, 0.25) is 10.0 Å². The van der Waals surface area contributed by atoms with Crippen molar-refractivity contribution in [3.8, 4) is 9.88 Å². The van der Waals surface area contributed by atoms with Gasteiger partial charge < -0.3 is 4.90 Å². The van der Waals surface area contributed by atoms with Crippen LogP contribution in [-0.4, -0.2) is 59.7 Å². The Morgan fingerprint density at radius 1 is 1.03 bits per heavy atom. The molecule has 1 fully saturated rings. The van der Waals surface area contributed by atoms with E-state index >= 15 is 0 Å². The molecule has 1 amide bonds. The number of rotatable bonds is 4. The van der Waals surface area contributed by atoms with E-state index in [9.17, 15) is 13.2 Å². The second-order valence-electron chi connectivity index (χ2n) is 7.54. The van der Waals surface area contributed by atoms with Gasteiger partial charge in [-0.15, -0.1) is 22.7 Å². The normalized spacial score (nSPS) is 15.3. The Morgan fingerprint density at radius 2 is 1.84 bits per heavy atom. The number of thiophene rings is 1. The molecule has 0 aliphatic carbocycles. The van der Waals surface area contributed by atoms with E-state index in [0.717, 1.165) is 20.8 Å². The summed E-state index contributed by atoms with van der Waals surface area (Å²) in [5.41, 5.74) is 1.45. The number of nitrogens with zero attached hydrogens (tertiary/aromatic N) is 4. The molecule has 0 saturated carbocycles. The largest absolute Gasteiger partial charge is 0.335 e. The zero-order chi connectivity index (χ0) is 22.3. The highest BCUT2D eigenvalue weighted by Crippen LogP contribution is 2.30. The number of para-hydroxylation sites is 1. The quantitative estimate of drug-likeness (QED) is 0.439. The lowest BCUT2D eigenvalue weighted by Gasteiger charge is -2.33. The summed E-state index contributed by atoms with van der Waals surface area (Å²) in [6.07, 6.45) is 3.28. The van der Waals surface area contributed by atoms with Gasteiger partial charge in [-0.05, 0) is 36.1 Å². The van der Waals surface area contributed by atoms with E-state index in [2.05, 4.69) is 9.97 Å². The summed E-state index contributed by atoms with van der Waals surface area (Å²) in [6, 6.07) is 11.1. The maximum Gasteiger partial charge on any atom is 0.265 e. The number of sulfonamides is 1. The van der Waals surface area contributed by atoms with Crippen molar-refractivity contribution < 1.29 is 13.2 Å². The van der Waals surface area contributed by atoms with Crippen LogP contribution in [0.5, 0.6) is 0 Å². The van der Waals surface area contributed by atoms with Gasteiger partial charge in [0.15, 0.2) is 0 Å². The Bertz CT molecular complexity index is 1390. The van der Waals surface area contributed by atoms with Gasteiger partial charge in [-0.2, -0.15) is 4.31 Å². The Balaban J connectivity index is 1.32. The molecule has 10 heteroatoms. The van der Waals surface area contributed by atoms with Gasteiger partial charge >= 0.3 is 0 Å². The van der Waals surface area contributed by atoms with Crippen LogP contribution in [0.1, 0.15) is 15.2 Å². The number of thiazole rings is 1. The number of pyridine rings is 1. The van der Waals surface area contributed by atoms with Gasteiger partial charge in [-0.1, -0.05) is 18.2 Å². The predicted molar refractivity (Wildman–Crippen MR) is 127 cm³/mol. The molecule has 1 aliphatic rings. The maximum absolute atomic E-state index is 13.3. The molecule has 7 nitrogen and oxygen atoms in total. The highest BCUT2D eigenvalue weighted by atomic mass is 32.2. The molecule has 1 aliphatic heterocycles. The lowest BCUT2D eigenvalue weighted by Crippen LogP contribution is -2.50. The zero-order valence-corrected chi connectivity index (χ0v) is 19.7.